The summed E-state index contributed by atoms with van der Waals surface area (Å²) in [7, 11) is 0. The average Bonchev–Trinajstić information content (AvgIpc) is 2.89. The standard InChI is InChI=1S/C18H16BrFN6O/c1-4-13-16(10(2)19)27-7-5-6-25(13)17-15-12(20)8-21-9-14(15)26-11(3)23-24-18(26)22-17/h4,8-9H,1-2,5-7H2,3H3. The van der Waals surface area contributed by atoms with Crippen molar-refractivity contribution < 1.29 is 9.13 Å². The Kier molecular flexibility index (Phi) is 4.39. The number of ether oxygens (including phenoxy) is 1. The molecule has 138 valence electrons. The second-order valence-corrected chi connectivity index (χ2v) is 6.97. The summed E-state index contributed by atoms with van der Waals surface area (Å²) in [5.41, 5.74) is 1.20. The van der Waals surface area contributed by atoms with Crippen LogP contribution in [0, 0.1) is 12.7 Å². The molecule has 9 heteroatoms. The van der Waals surface area contributed by atoms with Gasteiger partial charge in [-0.3, -0.25) is 9.38 Å². The number of rotatable bonds is 3. The van der Waals surface area contributed by atoms with Gasteiger partial charge in [0, 0.05) is 6.54 Å². The van der Waals surface area contributed by atoms with E-state index in [4.69, 9.17) is 4.74 Å². The molecule has 0 amide bonds. The van der Waals surface area contributed by atoms with Crippen LogP contribution in [-0.4, -0.2) is 37.7 Å². The Morgan fingerprint density at radius 1 is 1.37 bits per heavy atom. The third-order valence-corrected chi connectivity index (χ3v) is 4.71. The molecule has 0 atom stereocenters. The molecule has 3 aromatic heterocycles. The lowest BCUT2D eigenvalue weighted by atomic mass is 10.2. The number of allylic oxidation sites excluding steroid dienone is 2. The van der Waals surface area contributed by atoms with Crippen LogP contribution < -0.4 is 4.90 Å². The number of hydrogen-bond donors (Lipinski definition) is 0. The van der Waals surface area contributed by atoms with Crippen molar-refractivity contribution in [2.24, 2.45) is 0 Å². The molecule has 0 saturated carbocycles. The number of hydrogen-bond acceptors (Lipinski definition) is 6. The van der Waals surface area contributed by atoms with Crippen LogP contribution in [0.15, 0.2) is 47.6 Å². The molecule has 0 fully saturated rings. The number of aryl methyl sites for hydroxylation is 1. The normalized spacial score (nSPS) is 15.1. The van der Waals surface area contributed by atoms with E-state index in [0.717, 1.165) is 0 Å². The van der Waals surface area contributed by atoms with Gasteiger partial charge in [0.05, 0.1) is 40.1 Å². The minimum absolute atomic E-state index is 0.334. The smallest absolute Gasteiger partial charge is 0.257 e. The van der Waals surface area contributed by atoms with E-state index in [1.165, 1.54) is 6.20 Å². The quantitative estimate of drug-likeness (QED) is 0.631. The first kappa shape index (κ1) is 17.6. The van der Waals surface area contributed by atoms with Gasteiger partial charge in [-0.25, -0.2) is 4.39 Å². The predicted octanol–water partition coefficient (Wildman–Crippen LogP) is 3.65. The van der Waals surface area contributed by atoms with E-state index in [0.29, 0.717) is 63.8 Å². The summed E-state index contributed by atoms with van der Waals surface area (Å²) in [6, 6.07) is 0. The van der Waals surface area contributed by atoms with Crippen molar-refractivity contribution in [1.82, 2.24) is 24.6 Å². The van der Waals surface area contributed by atoms with E-state index in [2.05, 4.69) is 49.3 Å². The highest BCUT2D eigenvalue weighted by Crippen LogP contribution is 2.34. The Balaban J connectivity index is 2.09. The van der Waals surface area contributed by atoms with Gasteiger partial charge in [0.25, 0.3) is 5.78 Å². The zero-order chi connectivity index (χ0) is 19.1. The van der Waals surface area contributed by atoms with Crippen molar-refractivity contribution in [1.29, 1.82) is 0 Å². The topological polar surface area (TPSA) is 68.4 Å². The molecular weight excluding hydrogens is 415 g/mol. The second-order valence-electron chi connectivity index (χ2n) is 6.01. The lowest BCUT2D eigenvalue weighted by molar-refractivity contribution is 0.226. The van der Waals surface area contributed by atoms with Crippen molar-refractivity contribution in [3.63, 3.8) is 0 Å². The SMILES string of the molecule is C=CC1=C(C(=C)Br)OCCCN1c1nc2nnc(C)n2c2cncc(F)c12. The molecule has 4 rings (SSSR count). The Bertz CT molecular complexity index is 1120. The van der Waals surface area contributed by atoms with E-state index < -0.39 is 5.82 Å². The van der Waals surface area contributed by atoms with Crippen molar-refractivity contribution >= 4 is 38.4 Å². The first-order valence-electron chi connectivity index (χ1n) is 8.29. The van der Waals surface area contributed by atoms with Crippen LogP contribution >= 0.6 is 15.9 Å². The number of halogens is 2. The highest BCUT2D eigenvalue weighted by atomic mass is 79.9. The summed E-state index contributed by atoms with van der Waals surface area (Å²) in [4.78, 5) is 10.5. The second kappa shape index (κ2) is 6.73. The monoisotopic (exact) mass is 430 g/mol. The van der Waals surface area contributed by atoms with Crippen LogP contribution in [0.25, 0.3) is 16.7 Å². The number of nitrogens with zero attached hydrogens (tertiary/aromatic N) is 6. The Hall–Kier alpha value is -2.81. The molecular formula is C18H16BrFN6O. The van der Waals surface area contributed by atoms with Gasteiger partial charge in [-0.05, 0) is 35.4 Å². The van der Waals surface area contributed by atoms with Gasteiger partial charge >= 0.3 is 0 Å². The van der Waals surface area contributed by atoms with E-state index in [9.17, 15) is 4.39 Å². The van der Waals surface area contributed by atoms with Gasteiger partial charge < -0.3 is 9.64 Å². The third-order valence-electron chi connectivity index (χ3n) is 4.35. The van der Waals surface area contributed by atoms with Crippen LogP contribution in [0.3, 0.4) is 0 Å². The molecule has 0 radical (unpaired) electrons. The number of fused-ring (bicyclic) bond motifs is 3. The number of aromatic nitrogens is 5. The van der Waals surface area contributed by atoms with Crippen LogP contribution in [0.1, 0.15) is 12.2 Å². The van der Waals surface area contributed by atoms with Crippen molar-refractivity contribution in [2.45, 2.75) is 13.3 Å². The third kappa shape index (κ3) is 2.78. The molecule has 4 heterocycles. The molecule has 3 aromatic rings. The van der Waals surface area contributed by atoms with Gasteiger partial charge in [-0.2, -0.15) is 4.98 Å². The Labute approximate surface area is 163 Å². The molecule has 0 spiro atoms. The van der Waals surface area contributed by atoms with Crippen LogP contribution in [-0.2, 0) is 4.74 Å². The lowest BCUT2D eigenvalue weighted by Gasteiger charge is -2.25. The largest absolute Gasteiger partial charge is 0.490 e. The maximum absolute atomic E-state index is 14.9. The molecule has 0 aromatic carbocycles. The summed E-state index contributed by atoms with van der Waals surface area (Å²) in [6.45, 7) is 10.7. The van der Waals surface area contributed by atoms with Crippen LogP contribution in [0.2, 0.25) is 0 Å². The molecule has 0 aliphatic carbocycles. The molecule has 1 aliphatic rings. The first-order chi connectivity index (χ1) is 13.0. The molecule has 0 unspecified atom stereocenters. The fourth-order valence-electron chi connectivity index (χ4n) is 3.22. The van der Waals surface area contributed by atoms with E-state index in [1.807, 2.05) is 4.90 Å². The minimum atomic E-state index is -0.474. The summed E-state index contributed by atoms with van der Waals surface area (Å²) in [5, 5.41) is 8.51. The van der Waals surface area contributed by atoms with Gasteiger partial charge in [0.1, 0.15) is 11.6 Å². The summed E-state index contributed by atoms with van der Waals surface area (Å²) >= 11 is 3.38. The Morgan fingerprint density at radius 2 is 2.19 bits per heavy atom. The van der Waals surface area contributed by atoms with Gasteiger partial charge in [0.2, 0.25) is 0 Å². The molecule has 7 nitrogen and oxygen atoms in total. The molecule has 1 aliphatic heterocycles. The number of anilines is 1. The predicted molar refractivity (Wildman–Crippen MR) is 104 cm³/mol. The van der Waals surface area contributed by atoms with Crippen molar-refractivity contribution in [3.8, 4) is 0 Å². The van der Waals surface area contributed by atoms with Gasteiger partial charge in [0.15, 0.2) is 11.6 Å². The number of pyridine rings is 1. The Morgan fingerprint density at radius 3 is 2.93 bits per heavy atom. The van der Waals surface area contributed by atoms with Gasteiger partial charge in [-0.15, -0.1) is 10.2 Å². The summed E-state index contributed by atoms with van der Waals surface area (Å²) in [5.74, 6) is 1.46. The van der Waals surface area contributed by atoms with E-state index in [-0.39, 0.29) is 0 Å². The van der Waals surface area contributed by atoms with E-state index >= 15 is 0 Å². The molecule has 27 heavy (non-hydrogen) atoms. The summed E-state index contributed by atoms with van der Waals surface area (Å²) < 4.78 is 22.9. The molecule has 0 bridgehead atoms. The average molecular weight is 431 g/mol. The van der Waals surface area contributed by atoms with Gasteiger partial charge in [-0.1, -0.05) is 13.2 Å². The fourth-order valence-corrected chi connectivity index (χ4v) is 3.54. The molecule has 0 N–H and O–H groups in total. The van der Waals surface area contributed by atoms with E-state index in [1.54, 1.807) is 23.6 Å². The van der Waals surface area contributed by atoms with Crippen LogP contribution in [0.5, 0.6) is 0 Å². The minimum Gasteiger partial charge on any atom is -0.490 e. The highest BCUT2D eigenvalue weighted by Gasteiger charge is 2.26. The fraction of sp³-hybridized carbons (Fsp3) is 0.222. The van der Waals surface area contributed by atoms with Crippen LogP contribution in [0.4, 0.5) is 10.2 Å². The maximum Gasteiger partial charge on any atom is 0.257 e. The lowest BCUT2D eigenvalue weighted by Crippen LogP contribution is -2.25. The molecule has 0 saturated heterocycles. The maximum atomic E-state index is 14.9. The first-order valence-corrected chi connectivity index (χ1v) is 9.09. The van der Waals surface area contributed by atoms with Crippen molar-refractivity contribution in [2.75, 3.05) is 18.1 Å². The highest BCUT2D eigenvalue weighted by molar-refractivity contribution is 9.11. The summed E-state index contributed by atoms with van der Waals surface area (Å²) in [6.07, 6.45) is 5.13. The zero-order valence-electron chi connectivity index (χ0n) is 14.6. The van der Waals surface area contributed by atoms with Crippen molar-refractivity contribution in [3.05, 3.63) is 59.2 Å². The zero-order valence-corrected chi connectivity index (χ0v) is 16.2.